The van der Waals surface area contributed by atoms with E-state index >= 15 is 0 Å². The van der Waals surface area contributed by atoms with Crippen molar-refractivity contribution in [2.75, 3.05) is 19.6 Å². The summed E-state index contributed by atoms with van der Waals surface area (Å²) >= 11 is 5.94. The summed E-state index contributed by atoms with van der Waals surface area (Å²) in [5, 5.41) is 11.4. The van der Waals surface area contributed by atoms with Gasteiger partial charge in [-0.1, -0.05) is 28.5 Å². The lowest BCUT2D eigenvalue weighted by Crippen LogP contribution is -2.45. The minimum atomic E-state index is -0.685. The van der Waals surface area contributed by atoms with Gasteiger partial charge in [-0.25, -0.2) is 14.4 Å². The van der Waals surface area contributed by atoms with Crippen LogP contribution < -0.4 is 10.5 Å². The molecule has 1 saturated heterocycles. The van der Waals surface area contributed by atoms with E-state index in [0.717, 1.165) is 30.7 Å². The van der Waals surface area contributed by atoms with Crippen LogP contribution in [0, 0.1) is 5.92 Å². The van der Waals surface area contributed by atoms with E-state index in [9.17, 15) is 19.5 Å². The van der Waals surface area contributed by atoms with E-state index in [-0.39, 0.29) is 25.3 Å². The molecule has 0 aliphatic carbocycles. The second kappa shape index (κ2) is 10.5. The van der Waals surface area contributed by atoms with Gasteiger partial charge in [-0.05, 0) is 70.1 Å². The zero-order chi connectivity index (χ0) is 26.0. The Morgan fingerprint density at radius 2 is 1.69 bits per heavy atom. The Labute approximate surface area is 214 Å². The lowest BCUT2D eigenvalue weighted by atomic mass is 9.91. The number of aromatic hydroxyl groups is 1. The molecule has 0 saturated carbocycles. The fourth-order valence-electron chi connectivity index (χ4n) is 4.55. The fourth-order valence-corrected chi connectivity index (χ4v) is 4.67. The van der Waals surface area contributed by atoms with Gasteiger partial charge in [0.25, 0.3) is 5.88 Å². The van der Waals surface area contributed by atoms with Crippen LogP contribution in [0.25, 0.3) is 0 Å². The van der Waals surface area contributed by atoms with Gasteiger partial charge in [0.2, 0.25) is 0 Å². The lowest BCUT2D eigenvalue weighted by Gasteiger charge is -2.31. The van der Waals surface area contributed by atoms with Crippen molar-refractivity contribution in [2.45, 2.75) is 65.1 Å². The molecule has 1 fully saturated rings. The molecule has 0 unspecified atom stereocenters. The number of aryl methyl sites for hydroxylation is 1. The fraction of sp³-hybridized carbons (Fsp3) is 0.560. The highest BCUT2D eigenvalue weighted by atomic mass is 35.5. The summed E-state index contributed by atoms with van der Waals surface area (Å²) in [6.07, 6.45) is 2.42. The predicted octanol–water partition coefficient (Wildman–Crippen LogP) is 3.65. The first-order valence-corrected chi connectivity index (χ1v) is 12.6. The number of fused-ring (bicyclic) bond motifs is 1. The third-order valence-electron chi connectivity index (χ3n) is 6.56. The molecule has 36 heavy (non-hydrogen) atoms. The van der Waals surface area contributed by atoms with Gasteiger partial charge in [0.05, 0.1) is 6.54 Å². The number of hydrogen-bond acceptors (Lipinski definition) is 6. The Balaban J connectivity index is 1.32. The van der Waals surface area contributed by atoms with E-state index in [1.54, 1.807) is 25.7 Å². The molecule has 1 aromatic heterocycles. The van der Waals surface area contributed by atoms with E-state index in [4.69, 9.17) is 21.2 Å². The maximum absolute atomic E-state index is 12.8. The van der Waals surface area contributed by atoms with Crippen LogP contribution in [0.1, 0.15) is 51.3 Å². The summed E-state index contributed by atoms with van der Waals surface area (Å²) in [6, 6.07) is 7.84. The van der Waals surface area contributed by atoms with Crippen LogP contribution in [-0.2, 0) is 24.2 Å². The van der Waals surface area contributed by atoms with Gasteiger partial charge in [-0.3, -0.25) is 4.57 Å². The van der Waals surface area contributed by atoms with Crippen LogP contribution in [-0.4, -0.2) is 61.6 Å². The van der Waals surface area contributed by atoms with Crippen LogP contribution in [0.3, 0.4) is 0 Å². The van der Waals surface area contributed by atoms with Crippen molar-refractivity contribution in [3.05, 3.63) is 51.0 Å². The number of amides is 2. The normalized spacial score (nSPS) is 16.6. The number of rotatable bonds is 4. The van der Waals surface area contributed by atoms with Gasteiger partial charge < -0.3 is 24.5 Å². The molecule has 11 heteroatoms. The molecule has 0 spiro atoms. The number of carbonyl (C=O) groups excluding carboxylic acids is 2. The summed E-state index contributed by atoms with van der Waals surface area (Å²) in [7, 11) is 0. The molecule has 0 bridgehead atoms. The summed E-state index contributed by atoms with van der Waals surface area (Å²) in [5.41, 5.74) is 0.114. The number of halogens is 1. The standard InChI is InChI=1S/C25H33ClN4O6/c1-25(2,3)35-23(33)28-14-15-29-20(16-28)21(31)30(22(29)32)36-24(34)27-12-10-18(11-13-27)5-4-17-6-8-19(26)9-7-17/h6-9,18,31H,4-5,10-16H2,1-3H3. The number of benzene rings is 1. The third kappa shape index (κ3) is 5.98. The molecule has 4 rings (SSSR count). The molecule has 10 nitrogen and oxygen atoms in total. The number of hydrogen-bond donors (Lipinski definition) is 1. The molecule has 2 amide bonds. The van der Waals surface area contributed by atoms with E-state index in [2.05, 4.69) is 0 Å². The first-order chi connectivity index (χ1) is 17.0. The molecule has 2 aromatic rings. The quantitative estimate of drug-likeness (QED) is 0.659. The average molecular weight is 521 g/mol. The van der Waals surface area contributed by atoms with Gasteiger partial charge in [-0.2, -0.15) is 0 Å². The number of carbonyl (C=O) groups is 2. The highest BCUT2D eigenvalue weighted by Crippen LogP contribution is 2.25. The number of nitrogens with zero attached hydrogens (tertiary/aromatic N) is 4. The molecule has 1 aromatic carbocycles. The van der Waals surface area contributed by atoms with Crippen molar-refractivity contribution in [3.63, 3.8) is 0 Å². The molecular weight excluding hydrogens is 488 g/mol. The molecule has 2 aliphatic rings. The van der Waals surface area contributed by atoms with Gasteiger partial charge >= 0.3 is 17.9 Å². The number of imidazole rings is 1. The zero-order valence-corrected chi connectivity index (χ0v) is 21.7. The van der Waals surface area contributed by atoms with Crippen LogP contribution in [0.15, 0.2) is 29.1 Å². The highest BCUT2D eigenvalue weighted by Gasteiger charge is 2.33. The van der Waals surface area contributed by atoms with E-state index in [0.29, 0.717) is 23.7 Å². The van der Waals surface area contributed by atoms with Crippen molar-refractivity contribution in [3.8, 4) is 5.88 Å². The van der Waals surface area contributed by atoms with Crippen LogP contribution in [0.4, 0.5) is 9.59 Å². The molecule has 0 radical (unpaired) electrons. The van der Waals surface area contributed by atoms with Crippen molar-refractivity contribution in [2.24, 2.45) is 5.92 Å². The van der Waals surface area contributed by atoms with E-state index < -0.39 is 29.4 Å². The highest BCUT2D eigenvalue weighted by molar-refractivity contribution is 6.30. The summed E-state index contributed by atoms with van der Waals surface area (Å²) in [4.78, 5) is 46.2. The average Bonchev–Trinajstić information content (AvgIpc) is 3.07. The summed E-state index contributed by atoms with van der Waals surface area (Å²) < 4.78 is 7.31. The molecular formula is C25H33ClN4O6. The molecule has 1 N–H and O–H groups in total. The molecule has 196 valence electrons. The maximum Gasteiger partial charge on any atom is 0.434 e. The van der Waals surface area contributed by atoms with Crippen molar-refractivity contribution in [1.29, 1.82) is 0 Å². The Bertz CT molecular complexity index is 1160. The Morgan fingerprint density at radius 3 is 2.33 bits per heavy atom. The van der Waals surface area contributed by atoms with Gasteiger partial charge in [0.15, 0.2) is 0 Å². The Morgan fingerprint density at radius 1 is 1.03 bits per heavy atom. The topological polar surface area (TPSA) is 106 Å². The summed E-state index contributed by atoms with van der Waals surface area (Å²) in [6.45, 7) is 6.69. The largest absolute Gasteiger partial charge is 0.491 e. The Kier molecular flexibility index (Phi) is 7.54. The van der Waals surface area contributed by atoms with Crippen LogP contribution >= 0.6 is 11.6 Å². The number of aromatic nitrogens is 2. The molecule has 2 aliphatic heterocycles. The first kappa shape index (κ1) is 25.9. The lowest BCUT2D eigenvalue weighted by molar-refractivity contribution is 0.0196. The molecule has 3 heterocycles. The van der Waals surface area contributed by atoms with Crippen LogP contribution in [0.5, 0.6) is 5.88 Å². The second-order valence-corrected chi connectivity index (χ2v) is 10.8. The minimum absolute atomic E-state index is 0.0282. The second-order valence-electron chi connectivity index (χ2n) is 10.4. The van der Waals surface area contributed by atoms with E-state index in [1.165, 1.54) is 15.0 Å². The monoisotopic (exact) mass is 520 g/mol. The third-order valence-corrected chi connectivity index (χ3v) is 6.82. The number of ether oxygens (including phenoxy) is 1. The minimum Gasteiger partial charge on any atom is -0.491 e. The smallest absolute Gasteiger partial charge is 0.434 e. The number of likely N-dealkylation sites (tertiary alicyclic amines) is 1. The van der Waals surface area contributed by atoms with Crippen molar-refractivity contribution in [1.82, 2.24) is 19.1 Å². The van der Waals surface area contributed by atoms with E-state index in [1.807, 2.05) is 24.3 Å². The first-order valence-electron chi connectivity index (χ1n) is 12.2. The van der Waals surface area contributed by atoms with Gasteiger partial charge in [-0.15, -0.1) is 0 Å². The Hall–Kier alpha value is -3.14. The maximum atomic E-state index is 12.8. The zero-order valence-electron chi connectivity index (χ0n) is 20.9. The summed E-state index contributed by atoms with van der Waals surface area (Å²) in [5.74, 6) is 0.000874. The molecule has 0 atom stereocenters. The van der Waals surface area contributed by atoms with Crippen molar-refractivity contribution < 1.29 is 24.3 Å². The van der Waals surface area contributed by atoms with Gasteiger partial charge in [0, 0.05) is 31.2 Å². The van der Waals surface area contributed by atoms with Crippen LogP contribution in [0.2, 0.25) is 5.02 Å². The SMILES string of the molecule is CC(C)(C)OC(=O)N1CCn2c(c(O)n(OC(=O)N3CCC(CCc4ccc(Cl)cc4)CC3)c2=O)C1. The number of piperidine rings is 1. The van der Waals surface area contributed by atoms with Crippen molar-refractivity contribution >= 4 is 23.8 Å². The van der Waals surface area contributed by atoms with Gasteiger partial charge in [0.1, 0.15) is 11.3 Å². The predicted molar refractivity (Wildman–Crippen MR) is 133 cm³/mol.